The van der Waals surface area contributed by atoms with Gasteiger partial charge in [-0.1, -0.05) is 6.08 Å². The van der Waals surface area contributed by atoms with Crippen LogP contribution in [0.3, 0.4) is 0 Å². The fraction of sp³-hybridized carbons (Fsp3) is 0.364. The Balaban J connectivity index is 1.68. The number of halogens is 1. The van der Waals surface area contributed by atoms with Crippen LogP contribution in [0.2, 0.25) is 0 Å². The van der Waals surface area contributed by atoms with Gasteiger partial charge in [0.1, 0.15) is 11.6 Å². The molecule has 0 amide bonds. The number of morpholine rings is 1. The molecule has 1 unspecified atom stereocenters. The number of likely N-dealkylation sites (N-methyl/N-ethyl adjacent to an activating group) is 1. The van der Waals surface area contributed by atoms with Gasteiger partial charge in [-0.2, -0.15) is 0 Å². The molecule has 0 spiro atoms. The average Bonchev–Trinajstić information content (AvgIpc) is 3.36. The molecular formula is C22H24FN5O. The normalized spacial score (nSPS) is 25.9. The van der Waals surface area contributed by atoms with Crippen LogP contribution in [-0.4, -0.2) is 58.5 Å². The Kier molecular flexibility index (Phi) is 4.77. The maximum atomic E-state index is 13.5. The Morgan fingerprint density at radius 2 is 2.24 bits per heavy atom. The van der Waals surface area contributed by atoms with Gasteiger partial charge in [-0.3, -0.25) is 0 Å². The van der Waals surface area contributed by atoms with Gasteiger partial charge in [-0.25, -0.2) is 14.4 Å². The molecule has 7 heteroatoms. The lowest BCUT2D eigenvalue weighted by atomic mass is 10.0. The second kappa shape index (κ2) is 7.57. The highest BCUT2D eigenvalue weighted by Crippen LogP contribution is 2.28. The predicted molar refractivity (Wildman–Crippen MR) is 111 cm³/mol. The summed E-state index contributed by atoms with van der Waals surface area (Å²) in [6, 6.07) is 2.06. The molecule has 6 nitrogen and oxygen atoms in total. The summed E-state index contributed by atoms with van der Waals surface area (Å²) in [5, 5.41) is 1.98. The lowest BCUT2D eigenvalue weighted by molar-refractivity contribution is -0.0278. The SMILES string of the molecule is CN1CCOC(Cn2cnc(=C3C=CC(F)=CC3)c2=C2CC=Nc3[nH]ccc32)C1. The van der Waals surface area contributed by atoms with Crippen LogP contribution in [0.1, 0.15) is 18.4 Å². The van der Waals surface area contributed by atoms with Gasteiger partial charge < -0.3 is 19.2 Å². The van der Waals surface area contributed by atoms with E-state index in [2.05, 4.69) is 32.6 Å². The molecule has 2 aromatic heterocycles. The van der Waals surface area contributed by atoms with Gasteiger partial charge in [0.15, 0.2) is 0 Å². The minimum absolute atomic E-state index is 0.113. The van der Waals surface area contributed by atoms with Gasteiger partial charge in [-0.05, 0) is 42.8 Å². The zero-order chi connectivity index (χ0) is 19.8. The summed E-state index contributed by atoms with van der Waals surface area (Å²) >= 11 is 0. The van der Waals surface area contributed by atoms with Crippen molar-refractivity contribution in [2.75, 3.05) is 26.7 Å². The number of imidazole rings is 1. The molecule has 0 bridgehead atoms. The number of rotatable bonds is 2. The summed E-state index contributed by atoms with van der Waals surface area (Å²) in [6.07, 6.45) is 12.1. The van der Waals surface area contributed by atoms with E-state index in [0.29, 0.717) is 6.42 Å². The smallest absolute Gasteiger partial charge is 0.137 e. The number of nitrogens with one attached hydrogen (secondary N) is 1. The van der Waals surface area contributed by atoms with Gasteiger partial charge in [-0.15, -0.1) is 0 Å². The van der Waals surface area contributed by atoms with Crippen molar-refractivity contribution in [2.24, 2.45) is 4.99 Å². The van der Waals surface area contributed by atoms with Crippen molar-refractivity contribution in [3.63, 3.8) is 0 Å². The van der Waals surface area contributed by atoms with Crippen LogP contribution in [0, 0.1) is 0 Å². The minimum Gasteiger partial charge on any atom is -0.374 e. The first-order valence-corrected chi connectivity index (χ1v) is 10.0. The zero-order valence-corrected chi connectivity index (χ0v) is 16.4. The Bertz CT molecular complexity index is 1140. The van der Waals surface area contributed by atoms with E-state index in [1.165, 1.54) is 11.6 Å². The van der Waals surface area contributed by atoms with Crippen molar-refractivity contribution >= 4 is 23.2 Å². The predicted octanol–water partition coefficient (Wildman–Crippen LogP) is 1.81. The van der Waals surface area contributed by atoms with Crippen LogP contribution in [0.25, 0.3) is 11.1 Å². The molecule has 1 atom stereocenters. The second-order valence-electron chi connectivity index (χ2n) is 7.74. The molecule has 4 heterocycles. The Hall–Kier alpha value is -2.77. The molecule has 5 rings (SSSR count). The number of ether oxygens (including phenoxy) is 1. The van der Waals surface area contributed by atoms with Gasteiger partial charge in [0.2, 0.25) is 0 Å². The first-order valence-electron chi connectivity index (χ1n) is 10.0. The molecule has 1 aliphatic carbocycles. The third-order valence-electron chi connectivity index (χ3n) is 5.70. The van der Waals surface area contributed by atoms with Crippen LogP contribution < -0.4 is 10.7 Å². The first kappa shape index (κ1) is 18.3. The number of aromatic amines is 1. The fourth-order valence-corrected chi connectivity index (χ4v) is 4.24. The Morgan fingerprint density at radius 3 is 3.07 bits per heavy atom. The van der Waals surface area contributed by atoms with Gasteiger partial charge in [0.05, 0.1) is 36.3 Å². The van der Waals surface area contributed by atoms with E-state index < -0.39 is 0 Å². The number of aliphatic imine (C=N–C) groups is 1. The highest BCUT2D eigenvalue weighted by atomic mass is 19.1. The molecule has 1 saturated heterocycles. The monoisotopic (exact) mass is 393 g/mol. The highest BCUT2D eigenvalue weighted by molar-refractivity contribution is 5.88. The molecule has 1 fully saturated rings. The molecule has 2 aromatic rings. The maximum absolute atomic E-state index is 13.5. The minimum atomic E-state index is -0.196. The van der Waals surface area contributed by atoms with Crippen LogP contribution in [0.5, 0.6) is 0 Å². The third kappa shape index (κ3) is 3.52. The quantitative estimate of drug-likeness (QED) is 0.847. The molecule has 0 radical (unpaired) electrons. The van der Waals surface area contributed by atoms with Crippen LogP contribution in [-0.2, 0) is 11.3 Å². The molecule has 1 N–H and O–H groups in total. The molecule has 3 aliphatic rings. The van der Waals surface area contributed by atoms with Gasteiger partial charge >= 0.3 is 0 Å². The molecule has 2 aliphatic heterocycles. The van der Waals surface area contributed by atoms with Crippen molar-refractivity contribution in [2.45, 2.75) is 25.5 Å². The summed E-state index contributed by atoms with van der Waals surface area (Å²) < 4.78 is 21.7. The number of H-pyrrole nitrogens is 1. The molecule has 0 aromatic carbocycles. The highest BCUT2D eigenvalue weighted by Gasteiger charge is 2.21. The van der Waals surface area contributed by atoms with Crippen LogP contribution >= 0.6 is 0 Å². The van der Waals surface area contributed by atoms with Gasteiger partial charge in [0, 0.05) is 37.5 Å². The van der Waals surface area contributed by atoms with E-state index in [9.17, 15) is 4.39 Å². The van der Waals surface area contributed by atoms with E-state index in [1.54, 1.807) is 6.08 Å². The summed E-state index contributed by atoms with van der Waals surface area (Å²) in [6.45, 7) is 3.32. The van der Waals surface area contributed by atoms with Crippen molar-refractivity contribution in [3.05, 3.63) is 58.9 Å². The second-order valence-corrected chi connectivity index (χ2v) is 7.74. The van der Waals surface area contributed by atoms with E-state index in [-0.39, 0.29) is 11.9 Å². The third-order valence-corrected chi connectivity index (χ3v) is 5.70. The van der Waals surface area contributed by atoms with Crippen molar-refractivity contribution < 1.29 is 9.13 Å². The molecule has 150 valence electrons. The topological polar surface area (TPSA) is 58.4 Å². The van der Waals surface area contributed by atoms with Crippen LogP contribution in [0.4, 0.5) is 10.2 Å². The molecular weight excluding hydrogens is 369 g/mol. The largest absolute Gasteiger partial charge is 0.374 e. The number of allylic oxidation sites excluding steroid dienone is 4. The summed E-state index contributed by atoms with van der Waals surface area (Å²) in [5.41, 5.74) is 3.30. The standard InChI is InChI=1S/C22H24FN5O/c1-27-10-11-29-17(12-27)13-28-14-26-20(15-2-4-16(23)5-3-15)21(28)18-6-8-24-22-19(18)7-9-25-22/h2,4-5,7-9,14,17,25H,3,6,10-13H2,1H3. The van der Waals surface area contributed by atoms with Crippen molar-refractivity contribution in [3.8, 4) is 0 Å². The van der Waals surface area contributed by atoms with Crippen LogP contribution in [0.15, 0.2) is 47.6 Å². The summed E-state index contributed by atoms with van der Waals surface area (Å²) in [5.74, 6) is 0.674. The number of hydrogen-bond donors (Lipinski definition) is 1. The number of hydrogen-bond acceptors (Lipinski definition) is 4. The number of nitrogens with zero attached hydrogens (tertiary/aromatic N) is 4. The summed E-state index contributed by atoms with van der Waals surface area (Å²) in [4.78, 5) is 14.7. The Morgan fingerprint density at radius 1 is 1.31 bits per heavy atom. The average molecular weight is 393 g/mol. The molecule has 0 saturated carbocycles. The van der Waals surface area contributed by atoms with E-state index in [1.807, 2.05) is 24.8 Å². The first-order chi connectivity index (χ1) is 14.2. The lowest BCUT2D eigenvalue weighted by Gasteiger charge is -2.30. The van der Waals surface area contributed by atoms with E-state index in [4.69, 9.17) is 9.72 Å². The number of fused-ring (bicyclic) bond motifs is 1. The Labute approximate surface area is 168 Å². The zero-order valence-electron chi connectivity index (χ0n) is 16.4. The van der Waals surface area contributed by atoms with Crippen molar-refractivity contribution in [1.29, 1.82) is 0 Å². The fourth-order valence-electron chi connectivity index (χ4n) is 4.24. The van der Waals surface area contributed by atoms with E-state index >= 15 is 0 Å². The maximum Gasteiger partial charge on any atom is 0.137 e. The van der Waals surface area contributed by atoms with Crippen molar-refractivity contribution in [1.82, 2.24) is 19.4 Å². The van der Waals surface area contributed by atoms with Gasteiger partial charge in [0.25, 0.3) is 0 Å². The lowest BCUT2D eigenvalue weighted by Crippen LogP contribution is -2.44. The van der Waals surface area contributed by atoms with E-state index in [0.717, 1.165) is 60.3 Å². The summed E-state index contributed by atoms with van der Waals surface area (Å²) in [7, 11) is 2.12. The number of aromatic nitrogens is 3. The molecule has 29 heavy (non-hydrogen) atoms.